The molecule has 0 saturated carbocycles. The summed E-state index contributed by atoms with van der Waals surface area (Å²) in [5, 5.41) is 8.46. The summed E-state index contributed by atoms with van der Waals surface area (Å²) < 4.78 is 0. The molecule has 3 nitrogen and oxygen atoms in total. The molecule has 1 unspecified atom stereocenters. The van der Waals surface area contributed by atoms with Gasteiger partial charge in [-0.3, -0.25) is 4.79 Å². The van der Waals surface area contributed by atoms with E-state index in [2.05, 4.69) is 16.7 Å². The number of nitrogens with one attached hydrogen (secondary N) is 2. The Morgan fingerprint density at radius 1 is 1.53 bits per heavy atom. The second kappa shape index (κ2) is 6.17. The SMILES string of the molecule is C[C@H](NC(=O)C1CCCCCN1)c1cccs1. The van der Waals surface area contributed by atoms with Crippen LogP contribution in [0.5, 0.6) is 0 Å². The number of hydrogen-bond donors (Lipinski definition) is 2. The Labute approximate surface area is 107 Å². The van der Waals surface area contributed by atoms with Crippen molar-refractivity contribution in [2.75, 3.05) is 6.54 Å². The van der Waals surface area contributed by atoms with Crippen LogP contribution in [0.4, 0.5) is 0 Å². The highest BCUT2D eigenvalue weighted by atomic mass is 32.1. The van der Waals surface area contributed by atoms with Crippen LogP contribution in [0.3, 0.4) is 0 Å². The fourth-order valence-electron chi connectivity index (χ4n) is 2.18. The number of carbonyl (C=O) groups is 1. The van der Waals surface area contributed by atoms with Crippen LogP contribution in [0, 0.1) is 0 Å². The van der Waals surface area contributed by atoms with Gasteiger partial charge in [-0.15, -0.1) is 11.3 Å². The summed E-state index contributed by atoms with van der Waals surface area (Å²) in [7, 11) is 0. The molecule has 1 aliphatic rings. The van der Waals surface area contributed by atoms with Crippen LogP contribution in [-0.4, -0.2) is 18.5 Å². The molecule has 2 N–H and O–H groups in total. The second-order valence-corrected chi connectivity index (χ2v) is 5.58. The Morgan fingerprint density at radius 2 is 2.41 bits per heavy atom. The molecule has 0 spiro atoms. The maximum Gasteiger partial charge on any atom is 0.237 e. The summed E-state index contributed by atoms with van der Waals surface area (Å²) >= 11 is 1.69. The molecule has 0 aliphatic carbocycles. The summed E-state index contributed by atoms with van der Waals surface area (Å²) in [6.07, 6.45) is 4.53. The molecule has 1 fully saturated rings. The molecule has 0 radical (unpaired) electrons. The zero-order chi connectivity index (χ0) is 12.1. The molecule has 1 saturated heterocycles. The Morgan fingerprint density at radius 3 is 3.18 bits per heavy atom. The molecule has 0 aromatic carbocycles. The third-order valence-corrected chi connectivity index (χ3v) is 4.26. The Kier molecular flexibility index (Phi) is 4.57. The lowest BCUT2D eigenvalue weighted by Gasteiger charge is -2.19. The summed E-state index contributed by atoms with van der Waals surface area (Å²) in [5.41, 5.74) is 0. The van der Waals surface area contributed by atoms with E-state index in [9.17, 15) is 4.79 Å². The summed E-state index contributed by atoms with van der Waals surface area (Å²) in [5.74, 6) is 0.146. The van der Waals surface area contributed by atoms with Gasteiger partial charge in [0, 0.05) is 4.88 Å². The van der Waals surface area contributed by atoms with Gasteiger partial charge in [-0.1, -0.05) is 18.9 Å². The first-order valence-corrected chi connectivity index (χ1v) is 7.22. The van der Waals surface area contributed by atoms with Crippen LogP contribution in [-0.2, 0) is 4.79 Å². The molecule has 0 bridgehead atoms. The molecule has 2 rings (SSSR count). The van der Waals surface area contributed by atoms with Gasteiger partial charge in [-0.25, -0.2) is 0 Å². The van der Waals surface area contributed by atoms with Gasteiger partial charge in [0.2, 0.25) is 5.91 Å². The zero-order valence-electron chi connectivity index (χ0n) is 10.2. The molecule has 1 aromatic rings. The summed E-state index contributed by atoms with van der Waals surface area (Å²) in [6, 6.07) is 4.20. The first kappa shape index (κ1) is 12.6. The number of hydrogen-bond acceptors (Lipinski definition) is 3. The molecular weight excluding hydrogens is 232 g/mol. The van der Waals surface area contributed by atoms with E-state index in [4.69, 9.17) is 0 Å². The van der Waals surface area contributed by atoms with E-state index >= 15 is 0 Å². The van der Waals surface area contributed by atoms with Gasteiger partial charge in [0.25, 0.3) is 0 Å². The lowest BCUT2D eigenvalue weighted by Crippen LogP contribution is -2.44. The van der Waals surface area contributed by atoms with Gasteiger partial charge >= 0.3 is 0 Å². The van der Waals surface area contributed by atoms with Gasteiger partial charge in [-0.2, -0.15) is 0 Å². The zero-order valence-corrected chi connectivity index (χ0v) is 11.1. The smallest absolute Gasteiger partial charge is 0.237 e. The molecule has 1 amide bonds. The van der Waals surface area contributed by atoms with Crippen molar-refractivity contribution in [3.8, 4) is 0 Å². The minimum atomic E-state index is -0.0000813. The number of thiophene rings is 1. The summed E-state index contributed by atoms with van der Waals surface area (Å²) in [4.78, 5) is 13.3. The number of amides is 1. The predicted octanol–water partition coefficient (Wildman–Crippen LogP) is 2.46. The fourth-order valence-corrected chi connectivity index (χ4v) is 2.91. The van der Waals surface area contributed by atoms with Crippen LogP contribution in [0.15, 0.2) is 17.5 Å². The Bertz CT molecular complexity index is 342. The maximum absolute atomic E-state index is 12.1. The van der Waals surface area contributed by atoms with E-state index in [1.165, 1.54) is 17.7 Å². The normalized spacial score (nSPS) is 22.8. The van der Waals surface area contributed by atoms with Gasteiger partial charge < -0.3 is 10.6 Å². The van der Waals surface area contributed by atoms with Crippen molar-refractivity contribution < 1.29 is 4.79 Å². The van der Waals surface area contributed by atoms with Crippen molar-refractivity contribution >= 4 is 17.2 Å². The molecule has 1 aliphatic heterocycles. The highest BCUT2D eigenvalue weighted by Crippen LogP contribution is 2.18. The number of carbonyl (C=O) groups excluding carboxylic acids is 1. The van der Waals surface area contributed by atoms with Crippen molar-refractivity contribution in [1.82, 2.24) is 10.6 Å². The van der Waals surface area contributed by atoms with Crippen LogP contribution < -0.4 is 10.6 Å². The predicted molar refractivity (Wildman–Crippen MR) is 71.1 cm³/mol. The standard InChI is InChI=1S/C13H20N2OS/c1-10(12-7-5-9-17-12)15-13(16)11-6-3-2-4-8-14-11/h5,7,9-11,14H,2-4,6,8H2,1H3,(H,15,16)/t10-,11?/m0/s1. The first-order chi connectivity index (χ1) is 8.27. The maximum atomic E-state index is 12.1. The van der Waals surface area contributed by atoms with E-state index in [-0.39, 0.29) is 18.0 Å². The van der Waals surface area contributed by atoms with Gasteiger partial charge in [0.15, 0.2) is 0 Å². The Balaban J connectivity index is 1.87. The van der Waals surface area contributed by atoms with Gasteiger partial charge in [-0.05, 0) is 37.8 Å². The lowest BCUT2D eigenvalue weighted by atomic mass is 10.1. The molecular formula is C13H20N2OS. The quantitative estimate of drug-likeness (QED) is 0.867. The average molecular weight is 252 g/mol. The van der Waals surface area contributed by atoms with Crippen molar-refractivity contribution in [2.24, 2.45) is 0 Å². The molecule has 17 heavy (non-hydrogen) atoms. The number of rotatable bonds is 3. The fraction of sp³-hybridized carbons (Fsp3) is 0.615. The van der Waals surface area contributed by atoms with Crippen LogP contribution in [0.1, 0.15) is 43.5 Å². The van der Waals surface area contributed by atoms with Gasteiger partial charge in [0.05, 0.1) is 12.1 Å². The second-order valence-electron chi connectivity index (χ2n) is 4.60. The molecule has 4 heteroatoms. The third-order valence-electron chi connectivity index (χ3n) is 3.21. The van der Waals surface area contributed by atoms with E-state index < -0.39 is 0 Å². The monoisotopic (exact) mass is 252 g/mol. The minimum Gasteiger partial charge on any atom is -0.347 e. The molecule has 2 heterocycles. The highest BCUT2D eigenvalue weighted by Gasteiger charge is 2.21. The first-order valence-electron chi connectivity index (χ1n) is 6.34. The average Bonchev–Trinajstić information content (AvgIpc) is 2.71. The Hall–Kier alpha value is -0.870. The van der Waals surface area contributed by atoms with Crippen LogP contribution in [0.25, 0.3) is 0 Å². The van der Waals surface area contributed by atoms with E-state index in [1.54, 1.807) is 11.3 Å². The molecule has 1 aromatic heterocycles. The topological polar surface area (TPSA) is 41.1 Å². The third kappa shape index (κ3) is 3.54. The van der Waals surface area contributed by atoms with Crippen molar-refractivity contribution in [3.63, 3.8) is 0 Å². The van der Waals surface area contributed by atoms with E-state index in [0.29, 0.717) is 0 Å². The van der Waals surface area contributed by atoms with Gasteiger partial charge in [0.1, 0.15) is 0 Å². The van der Waals surface area contributed by atoms with Crippen molar-refractivity contribution in [3.05, 3.63) is 22.4 Å². The summed E-state index contributed by atoms with van der Waals surface area (Å²) in [6.45, 7) is 3.01. The largest absolute Gasteiger partial charge is 0.347 e. The molecule has 2 atom stereocenters. The van der Waals surface area contributed by atoms with E-state index in [0.717, 1.165) is 19.4 Å². The van der Waals surface area contributed by atoms with Crippen LogP contribution in [0.2, 0.25) is 0 Å². The highest BCUT2D eigenvalue weighted by molar-refractivity contribution is 7.10. The lowest BCUT2D eigenvalue weighted by molar-refractivity contribution is -0.123. The minimum absolute atomic E-state index is 0.0000813. The van der Waals surface area contributed by atoms with Crippen molar-refractivity contribution in [1.29, 1.82) is 0 Å². The van der Waals surface area contributed by atoms with Crippen molar-refractivity contribution in [2.45, 2.75) is 44.7 Å². The van der Waals surface area contributed by atoms with Crippen LogP contribution >= 0.6 is 11.3 Å². The van der Waals surface area contributed by atoms with E-state index in [1.807, 2.05) is 18.4 Å². The molecule has 94 valence electrons.